The number of aryl methyl sites for hydroxylation is 3. The molecule has 1 aromatic carbocycles. The van der Waals surface area contributed by atoms with E-state index in [4.69, 9.17) is 0 Å². The molecule has 2 N–H and O–H groups in total. The van der Waals surface area contributed by atoms with Gasteiger partial charge in [0.1, 0.15) is 11.2 Å². The molecule has 1 unspecified atom stereocenters. The van der Waals surface area contributed by atoms with Crippen LogP contribution < -0.4 is 10.0 Å². The highest BCUT2D eigenvalue weighted by molar-refractivity contribution is 7.93. The minimum atomic E-state index is -4.21. The molecule has 25 heavy (non-hydrogen) atoms. The molecule has 1 heterocycles. The van der Waals surface area contributed by atoms with Crippen molar-refractivity contribution in [2.75, 3.05) is 11.6 Å². The third-order valence-electron chi connectivity index (χ3n) is 3.19. The first-order chi connectivity index (χ1) is 11.6. The monoisotopic (exact) mass is 382 g/mol. The summed E-state index contributed by atoms with van der Waals surface area (Å²) in [5, 5.41) is 2.29. The first-order valence-corrected chi connectivity index (χ1v) is 10.2. The third kappa shape index (κ3) is 4.68. The molecule has 134 valence electrons. The Balaban J connectivity index is 2.27. The predicted octanol–water partition coefficient (Wildman–Crippen LogP) is 1.65. The minimum absolute atomic E-state index is 0.00580. The zero-order valence-corrected chi connectivity index (χ0v) is 15.8. The Labute approximate surface area is 149 Å². The van der Waals surface area contributed by atoms with E-state index in [1.54, 1.807) is 32.9 Å². The van der Waals surface area contributed by atoms with Crippen molar-refractivity contribution in [1.82, 2.24) is 14.7 Å². The van der Waals surface area contributed by atoms with Gasteiger partial charge in [0.2, 0.25) is 5.95 Å². The summed E-state index contributed by atoms with van der Waals surface area (Å²) in [6, 6.07) is 5.19. The first kappa shape index (κ1) is 19.2. The first-order valence-electron chi connectivity index (χ1n) is 7.19. The van der Waals surface area contributed by atoms with Gasteiger partial charge in [-0.1, -0.05) is 12.1 Å². The zero-order valence-electron chi connectivity index (χ0n) is 14.2. The van der Waals surface area contributed by atoms with Crippen LogP contribution in [0.2, 0.25) is 0 Å². The number of aromatic nitrogens is 2. The average Bonchev–Trinajstić information content (AvgIpc) is 2.44. The second-order valence-electron chi connectivity index (χ2n) is 5.39. The van der Waals surface area contributed by atoms with E-state index in [-0.39, 0.29) is 15.7 Å². The molecule has 10 heteroatoms. The van der Waals surface area contributed by atoms with E-state index in [0.717, 1.165) is 0 Å². The molecule has 1 atom stereocenters. The highest BCUT2D eigenvalue weighted by Crippen LogP contribution is 2.24. The summed E-state index contributed by atoms with van der Waals surface area (Å²) >= 11 is -1.53. The van der Waals surface area contributed by atoms with Crippen molar-refractivity contribution in [2.24, 2.45) is 0 Å². The van der Waals surface area contributed by atoms with Gasteiger partial charge in [-0.25, -0.2) is 27.9 Å². The van der Waals surface area contributed by atoms with Crippen LogP contribution in [-0.4, -0.2) is 35.2 Å². The molecule has 2 aromatic rings. The summed E-state index contributed by atoms with van der Waals surface area (Å²) in [6.45, 7) is 5.10. The van der Waals surface area contributed by atoms with Gasteiger partial charge in [-0.3, -0.25) is 5.32 Å². The highest BCUT2D eigenvalue weighted by Gasteiger charge is 2.27. The van der Waals surface area contributed by atoms with E-state index >= 15 is 0 Å². The lowest BCUT2D eigenvalue weighted by molar-refractivity contribution is 0.256. The van der Waals surface area contributed by atoms with Crippen LogP contribution in [-0.2, 0) is 21.2 Å². The Morgan fingerprint density at radius 2 is 1.76 bits per heavy atom. The Morgan fingerprint density at radius 3 is 2.32 bits per heavy atom. The Kier molecular flexibility index (Phi) is 5.65. The number of nitrogens with zero attached hydrogens (tertiary/aromatic N) is 2. The smallest absolute Gasteiger partial charge is 0.335 e. The summed E-state index contributed by atoms with van der Waals surface area (Å²) in [5.41, 5.74) is 1.82. The number of anilines is 1. The number of carbonyl (C=O) groups excluding carboxylic acids is 1. The predicted molar refractivity (Wildman–Crippen MR) is 94.4 cm³/mol. The molecule has 8 nitrogen and oxygen atoms in total. The van der Waals surface area contributed by atoms with Crippen LogP contribution in [0.3, 0.4) is 0 Å². The van der Waals surface area contributed by atoms with Crippen molar-refractivity contribution in [1.29, 1.82) is 0 Å². The van der Waals surface area contributed by atoms with Gasteiger partial charge in [-0.2, -0.15) is 0 Å². The largest absolute Gasteiger partial charge is 0.612 e. The number of rotatable bonds is 4. The van der Waals surface area contributed by atoms with Gasteiger partial charge in [0.25, 0.3) is 10.0 Å². The van der Waals surface area contributed by atoms with Crippen LogP contribution in [0.25, 0.3) is 0 Å². The van der Waals surface area contributed by atoms with Crippen molar-refractivity contribution in [2.45, 2.75) is 30.6 Å². The van der Waals surface area contributed by atoms with Crippen LogP contribution in [0.15, 0.2) is 34.1 Å². The van der Waals surface area contributed by atoms with Gasteiger partial charge in [-0.15, -0.1) is 0 Å². The maximum atomic E-state index is 12.5. The second-order valence-corrected chi connectivity index (χ2v) is 8.36. The van der Waals surface area contributed by atoms with Crippen LogP contribution in [0, 0.1) is 20.8 Å². The summed E-state index contributed by atoms with van der Waals surface area (Å²) in [4.78, 5) is 20.0. The SMILES string of the molecule is Cc1cc(C)nc(NC(=O)NS(=O)(=O)c2cccc(C)c2[S+](C)[O-])n1. The highest BCUT2D eigenvalue weighted by atomic mass is 32.2. The second kappa shape index (κ2) is 7.38. The van der Waals surface area contributed by atoms with E-state index in [0.29, 0.717) is 17.0 Å². The molecule has 0 saturated heterocycles. The molecule has 2 amide bonds. The summed E-state index contributed by atoms with van der Waals surface area (Å²) in [6.07, 6.45) is 1.38. The van der Waals surface area contributed by atoms with Crippen molar-refractivity contribution in [3.8, 4) is 0 Å². The van der Waals surface area contributed by atoms with E-state index < -0.39 is 27.2 Å². The number of benzene rings is 1. The topological polar surface area (TPSA) is 124 Å². The number of hydrogen-bond donors (Lipinski definition) is 2. The molecule has 0 radical (unpaired) electrons. The van der Waals surface area contributed by atoms with Gasteiger partial charge < -0.3 is 4.55 Å². The molecule has 0 aliphatic heterocycles. The van der Waals surface area contributed by atoms with Crippen molar-refractivity contribution >= 4 is 33.2 Å². The van der Waals surface area contributed by atoms with E-state index in [1.807, 2.05) is 4.72 Å². The van der Waals surface area contributed by atoms with Crippen molar-refractivity contribution in [3.05, 3.63) is 41.2 Å². The fourth-order valence-electron chi connectivity index (χ4n) is 2.29. The number of urea groups is 1. The third-order valence-corrected chi connectivity index (χ3v) is 5.81. The van der Waals surface area contributed by atoms with Gasteiger partial charge >= 0.3 is 6.03 Å². The van der Waals surface area contributed by atoms with Crippen molar-refractivity contribution in [3.63, 3.8) is 0 Å². The van der Waals surface area contributed by atoms with Crippen LogP contribution in [0.5, 0.6) is 0 Å². The van der Waals surface area contributed by atoms with E-state index in [9.17, 15) is 17.8 Å². The fourth-order valence-corrected chi connectivity index (χ4v) is 4.91. The summed E-state index contributed by atoms with van der Waals surface area (Å²) in [7, 11) is -4.21. The van der Waals surface area contributed by atoms with Crippen LogP contribution >= 0.6 is 0 Å². The van der Waals surface area contributed by atoms with Crippen LogP contribution in [0.4, 0.5) is 10.7 Å². The number of sulfonamides is 1. The van der Waals surface area contributed by atoms with Gasteiger partial charge in [0.05, 0.1) is 0 Å². The fraction of sp³-hybridized carbons (Fsp3) is 0.267. The Morgan fingerprint density at radius 1 is 1.16 bits per heavy atom. The molecule has 1 aromatic heterocycles. The molecule has 0 spiro atoms. The number of carbonyl (C=O) groups is 1. The molecule has 0 saturated carbocycles. The lowest BCUT2D eigenvalue weighted by Crippen LogP contribution is -2.35. The lowest BCUT2D eigenvalue weighted by Gasteiger charge is -2.14. The number of nitrogens with one attached hydrogen (secondary N) is 2. The number of hydrogen-bond acceptors (Lipinski definition) is 6. The van der Waals surface area contributed by atoms with E-state index in [2.05, 4.69) is 15.3 Å². The molecule has 2 rings (SSSR count). The summed E-state index contributed by atoms with van der Waals surface area (Å²) in [5.74, 6) is -0.00580. The molecule has 0 aliphatic carbocycles. The molecule has 0 aliphatic rings. The van der Waals surface area contributed by atoms with E-state index in [1.165, 1.54) is 18.4 Å². The summed E-state index contributed by atoms with van der Waals surface area (Å²) < 4.78 is 38.8. The molecular formula is C15H18N4O4S2. The Bertz CT molecular complexity index is 893. The molecule has 0 bridgehead atoms. The zero-order chi connectivity index (χ0) is 18.8. The van der Waals surface area contributed by atoms with Crippen LogP contribution in [0.1, 0.15) is 17.0 Å². The van der Waals surface area contributed by atoms with Gasteiger partial charge in [0.15, 0.2) is 4.90 Å². The van der Waals surface area contributed by atoms with Gasteiger partial charge in [-0.05, 0) is 44.1 Å². The van der Waals surface area contributed by atoms with Crippen molar-refractivity contribution < 1.29 is 17.8 Å². The lowest BCUT2D eigenvalue weighted by atomic mass is 10.2. The number of amides is 2. The maximum absolute atomic E-state index is 12.5. The van der Waals surface area contributed by atoms with Gasteiger partial charge in [0, 0.05) is 17.0 Å². The Hall–Kier alpha value is -2.17. The standard InChI is InChI=1S/C15H18N4O4S2/c1-9-6-5-7-12(13(9)24(4)21)25(22,23)19-15(20)18-14-16-10(2)8-11(3)17-14/h5-8H,1-4H3,(H2,16,17,18,19,20). The average molecular weight is 382 g/mol. The minimum Gasteiger partial charge on any atom is -0.612 e. The quantitative estimate of drug-likeness (QED) is 0.775. The molecular weight excluding hydrogens is 364 g/mol. The maximum Gasteiger partial charge on any atom is 0.335 e. The normalized spacial score (nSPS) is 12.5. The molecule has 0 fully saturated rings.